The van der Waals surface area contributed by atoms with Gasteiger partial charge in [0.1, 0.15) is 17.2 Å². The molecular formula is C20H24ClN3O5. The van der Waals surface area contributed by atoms with E-state index in [0.29, 0.717) is 34.3 Å². The van der Waals surface area contributed by atoms with Crippen molar-refractivity contribution in [2.75, 3.05) is 43.8 Å². The van der Waals surface area contributed by atoms with E-state index in [4.69, 9.17) is 19.9 Å². The number of amides is 2. The van der Waals surface area contributed by atoms with Gasteiger partial charge in [0.25, 0.3) is 0 Å². The molecule has 1 unspecified atom stereocenters. The van der Waals surface area contributed by atoms with Crippen molar-refractivity contribution < 1.29 is 23.8 Å². The van der Waals surface area contributed by atoms with Gasteiger partial charge < -0.3 is 30.2 Å². The van der Waals surface area contributed by atoms with Crippen LogP contribution in [0, 0.1) is 5.92 Å². The van der Waals surface area contributed by atoms with E-state index in [1.165, 1.54) is 7.11 Å². The van der Waals surface area contributed by atoms with Crippen molar-refractivity contribution in [3.05, 3.63) is 36.4 Å². The fourth-order valence-electron chi connectivity index (χ4n) is 3.09. The average molecular weight is 422 g/mol. The van der Waals surface area contributed by atoms with Crippen molar-refractivity contribution in [2.45, 2.75) is 6.42 Å². The van der Waals surface area contributed by atoms with Crippen LogP contribution in [0.25, 0.3) is 0 Å². The summed E-state index contributed by atoms with van der Waals surface area (Å²) >= 11 is 0. The summed E-state index contributed by atoms with van der Waals surface area (Å²) in [6, 6.07) is 10.2. The number of ether oxygens (including phenoxy) is 3. The molecule has 1 saturated heterocycles. The first-order chi connectivity index (χ1) is 13.4. The molecule has 156 valence electrons. The molecule has 0 bridgehead atoms. The Bertz CT molecular complexity index is 883. The summed E-state index contributed by atoms with van der Waals surface area (Å²) in [6.07, 6.45) is 0.106. The Morgan fingerprint density at radius 1 is 1.03 bits per heavy atom. The quantitative estimate of drug-likeness (QED) is 0.695. The molecule has 2 aromatic carbocycles. The minimum absolute atomic E-state index is 0. The predicted octanol–water partition coefficient (Wildman–Crippen LogP) is 2.71. The number of halogens is 1. The Labute approximate surface area is 175 Å². The van der Waals surface area contributed by atoms with Gasteiger partial charge in [0.15, 0.2) is 0 Å². The van der Waals surface area contributed by atoms with Crippen molar-refractivity contribution in [3.63, 3.8) is 0 Å². The Kier molecular flexibility index (Phi) is 7.17. The van der Waals surface area contributed by atoms with Crippen LogP contribution in [0.15, 0.2) is 36.4 Å². The zero-order valence-corrected chi connectivity index (χ0v) is 17.2. The largest absolute Gasteiger partial charge is 0.497 e. The number of carbonyl (C=O) groups is 2. The number of nitrogens with two attached hydrogens (primary N) is 1. The molecule has 1 atom stereocenters. The first-order valence-electron chi connectivity index (χ1n) is 8.73. The van der Waals surface area contributed by atoms with Gasteiger partial charge in [-0.1, -0.05) is 0 Å². The van der Waals surface area contributed by atoms with E-state index < -0.39 is 5.92 Å². The third kappa shape index (κ3) is 4.83. The molecule has 9 heteroatoms. The minimum atomic E-state index is -0.504. The average Bonchev–Trinajstić information content (AvgIpc) is 3.11. The summed E-state index contributed by atoms with van der Waals surface area (Å²) < 4.78 is 15.7. The lowest BCUT2D eigenvalue weighted by Crippen LogP contribution is -2.28. The molecule has 0 spiro atoms. The number of nitrogens with zero attached hydrogens (tertiary/aromatic N) is 1. The summed E-state index contributed by atoms with van der Waals surface area (Å²) in [4.78, 5) is 26.8. The van der Waals surface area contributed by atoms with Gasteiger partial charge in [-0.25, -0.2) is 0 Å². The van der Waals surface area contributed by atoms with Gasteiger partial charge in [-0.3, -0.25) is 9.59 Å². The van der Waals surface area contributed by atoms with Gasteiger partial charge in [0.05, 0.1) is 44.3 Å². The maximum atomic E-state index is 12.7. The molecule has 1 heterocycles. The van der Waals surface area contributed by atoms with Gasteiger partial charge in [-0.05, 0) is 12.1 Å². The molecule has 3 rings (SSSR count). The van der Waals surface area contributed by atoms with Gasteiger partial charge in [-0.15, -0.1) is 12.4 Å². The van der Waals surface area contributed by atoms with E-state index in [0.717, 1.165) is 0 Å². The first-order valence-corrected chi connectivity index (χ1v) is 8.73. The lowest BCUT2D eigenvalue weighted by Gasteiger charge is -2.19. The molecule has 3 N–H and O–H groups in total. The summed E-state index contributed by atoms with van der Waals surface area (Å²) in [5, 5.41) is 2.79. The van der Waals surface area contributed by atoms with Crippen LogP contribution < -0.4 is 30.2 Å². The normalized spacial score (nSPS) is 15.5. The molecule has 1 aliphatic rings. The Morgan fingerprint density at radius 2 is 1.66 bits per heavy atom. The molecule has 0 radical (unpaired) electrons. The highest BCUT2D eigenvalue weighted by Crippen LogP contribution is 2.33. The van der Waals surface area contributed by atoms with Crippen molar-refractivity contribution in [1.82, 2.24) is 0 Å². The van der Waals surface area contributed by atoms with E-state index >= 15 is 0 Å². The number of anilines is 3. The van der Waals surface area contributed by atoms with Gasteiger partial charge in [0, 0.05) is 37.2 Å². The Balaban J connectivity index is 0.00000300. The van der Waals surface area contributed by atoms with E-state index in [9.17, 15) is 9.59 Å². The molecule has 2 aromatic rings. The number of hydrogen-bond donors (Lipinski definition) is 2. The molecule has 2 amide bonds. The van der Waals surface area contributed by atoms with Crippen molar-refractivity contribution >= 4 is 41.3 Å². The number of hydrogen-bond acceptors (Lipinski definition) is 6. The number of rotatable bonds is 6. The fourth-order valence-corrected chi connectivity index (χ4v) is 3.09. The summed E-state index contributed by atoms with van der Waals surface area (Å²) in [6.45, 7) is 0.255. The molecule has 1 aliphatic heterocycles. The summed E-state index contributed by atoms with van der Waals surface area (Å²) in [5.74, 6) is 0.797. The maximum absolute atomic E-state index is 12.7. The zero-order valence-electron chi connectivity index (χ0n) is 16.4. The number of carbonyl (C=O) groups excluding carboxylic acids is 2. The molecule has 1 fully saturated rings. The molecule has 8 nitrogen and oxygen atoms in total. The second kappa shape index (κ2) is 9.38. The molecular weight excluding hydrogens is 398 g/mol. The smallest absolute Gasteiger partial charge is 0.229 e. The topological polar surface area (TPSA) is 103 Å². The van der Waals surface area contributed by atoms with Crippen molar-refractivity contribution in [2.24, 2.45) is 5.92 Å². The second-order valence-electron chi connectivity index (χ2n) is 6.42. The van der Waals surface area contributed by atoms with E-state index in [1.807, 2.05) is 0 Å². The van der Waals surface area contributed by atoms with Crippen molar-refractivity contribution in [3.8, 4) is 17.2 Å². The minimum Gasteiger partial charge on any atom is -0.497 e. The molecule has 29 heavy (non-hydrogen) atoms. The Hall–Kier alpha value is -3.13. The SMILES string of the molecule is COc1cc(OC)cc(N2CC(C(=O)Nc3cc(OC)ccc3N)CC2=O)c1.Cl. The van der Waals surface area contributed by atoms with Crippen LogP contribution in [-0.4, -0.2) is 39.7 Å². The third-order valence-electron chi connectivity index (χ3n) is 4.66. The van der Waals surface area contributed by atoms with Crippen LogP contribution in [0.1, 0.15) is 6.42 Å². The van der Waals surface area contributed by atoms with E-state index in [1.54, 1.807) is 55.5 Å². The standard InChI is InChI=1S/C20H23N3O5.ClH/c1-26-14-4-5-17(21)18(10-14)22-20(25)12-6-19(24)23(11-12)13-7-15(27-2)9-16(8-13)28-3;/h4-5,7-10,12H,6,11,21H2,1-3H3,(H,22,25);1H. The van der Waals surface area contributed by atoms with E-state index in [-0.39, 0.29) is 37.2 Å². The van der Waals surface area contributed by atoms with Gasteiger partial charge in [-0.2, -0.15) is 0 Å². The van der Waals surface area contributed by atoms with E-state index in [2.05, 4.69) is 5.32 Å². The monoisotopic (exact) mass is 421 g/mol. The molecule has 0 aromatic heterocycles. The fraction of sp³-hybridized carbons (Fsp3) is 0.300. The number of benzene rings is 2. The highest BCUT2D eigenvalue weighted by Gasteiger charge is 2.35. The lowest BCUT2D eigenvalue weighted by molar-refractivity contribution is -0.122. The zero-order chi connectivity index (χ0) is 20.3. The van der Waals surface area contributed by atoms with Gasteiger partial charge in [0.2, 0.25) is 11.8 Å². The second-order valence-corrected chi connectivity index (χ2v) is 6.42. The van der Waals surface area contributed by atoms with Crippen LogP contribution in [0.5, 0.6) is 17.2 Å². The van der Waals surface area contributed by atoms with Crippen molar-refractivity contribution in [1.29, 1.82) is 0 Å². The third-order valence-corrected chi connectivity index (χ3v) is 4.66. The van der Waals surface area contributed by atoms with Crippen LogP contribution in [0.4, 0.5) is 17.1 Å². The number of nitrogen functional groups attached to an aromatic ring is 1. The molecule has 0 saturated carbocycles. The van der Waals surface area contributed by atoms with Crippen LogP contribution in [0.2, 0.25) is 0 Å². The van der Waals surface area contributed by atoms with Crippen LogP contribution in [-0.2, 0) is 9.59 Å². The van der Waals surface area contributed by atoms with Gasteiger partial charge >= 0.3 is 0 Å². The number of nitrogens with one attached hydrogen (secondary N) is 1. The Morgan fingerprint density at radius 3 is 2.24 bits per heavy atom. The van der Waals surface area contributed by atoms with Crippen LogP contribution in [0.3, 0.4) is 0 Å². The highest BCUT2D eigenvalue weighted by molar-refractivity contribution is 6.04. The van der Waals surface area contributed by atoms with Crippen LogP contribution >= 0.6 is 12.4 Å². The maximum Gasteiger partial charge on any atom is 0.229 e. The summed E-state index contributed by atoms with van der Waals surface area (Å²) in [7, 11) is 4.62. The number of methoxy groups -OCH3 is 3. The predicted molar refractivity (Wildman–Crippen MR) is 113 cm³/mol. The highest BCUT2D eigenvalue weighted by atomic mass is 35.5. The molecule has 0 aliphatic carbocycles. The first kappa shape index (κ1) is 22.2. The lowest BCUT2D eigenvalue weighted by atomic mass is 10.1. The summed E-state index contributed by atoms with van der Waals surface area (Å²) in [5.41, 5.74) is 7.43.